The van der Waals surface area contributed by atoms with E-state index in [1.54, 1.807) is 7.11 Å². The molecule has 1 atom stereocenters. The number of ether oxygens (including phenoxy) is 1. The van der Waals surface area contributed by atoms with Crippen molar-refractivity contribution in [3.05, 3.63) is 77.1 Å². The number of carbonyl (C=O) groups excluding carboxylic acids is 1. The van der Waals surface area contributed by atoms with E-state index in [9.17, 15) is 4.79 Å². The van der Waals surface area contributed by atoms with Crippen molar-refractivity contribution in [1.82, 2.24) is 4.90 Å². The number of hydrogen-bond acceptors (Lipinski definition) is 5. The van der Waals surface area contributed by atoms with Crippen LogP contribution in [0.25, 0.3) is 5.57 Å². The van der Waals surface area contributed by atoms with Gasteiger partial charge in [0.1, 0.15) is 18.2 Å². The van der Waals surface area contributed by atoms with E-state index in [1.807, 2.05) is 83.6 Å². The summed E-state index contributed by atoms with van der Waals surface area (Å²) in [6, 6.07) is 11.9. The van der Waals surface area contributed by atoms with E-state index in [2.05, 4.69) is 23.2 Å². The Morgan fingerprint density at radius 1 is 1.13 bits per heavy atom. The zero-order chi connectivity index (χ0) is 23.0. The molecule has 31 heavy (non-hydrogen) atoms. The van der Waals surface area contributed by atoms with Gasteiger partial charge in [-0.15, -0.1) is 0 Å². The van der Waals surface area contributed by atoms with Crippen LogP contribution in [-0.2, 0) is 0 Å². The fraction of sp³-hybridized carbons (Fsp3) is 0.308. The predicted molar refractivity (Wildman–Crippen MR) is 131 cm³/mol. The van der Waals surface area contributed by atoms with Gasteiger partial charge in [-0.2, -0.15) is 0 Å². The van der Waals surface area contributed by atoms with Gasteiger partial charge >= 0.3 is 0 Å². The highest BCUT2D eigenvalue weighted by Gasteiger charge is 2.15. The topological polar surface area (TPSA) is 53.9 Å². The van der Waals surface area contributed by atoms with E-state index in [0.717, 1.165) is 45.7 Å². The lowest BCUT2D eigenvalue weighted by Gasteiger charge is -2.29. The second-order valence-electron chi connectivity index (χ2n) is 7.65. The number of methoxy groups -OCH3 is 1. The highest BCUT2D eigenvalue weighted by molar-refractivity contribution is 5.90. The van der Waals surface area contributed by atoms with Gasteiger partial charge in [-0.1, -0.05) is 12.1 Å². The van der Waals surface area contributed by atoms with Crippen molar-refractivity contribution < 1.29 is 9.53 Å². The molecule has 0 fully saturated rings. The fourth-order valence-corrected chi connectivity index (χ4v) is 3.35. The second kappa shape index (κ2) is 11.2. The molecule has 2 aromatic rings. The van der Waals surface area contributed by atoms with Crippen molar-refractivity contribution in [1.29, 1.82) is 0 Å². The van der Waals surface area contributed by atoms with Crippen LogP contribution in [0.2, 0.25) is 0 Å². The van der Waals surface area contributed by atoms with Crippen LogP contribution < -0.4 is 10.1 Å². The molecular formula is C26H33N3O2. The molecule has 2 rings (SSSR count). The summed E-state index contributed by atoms with van der Waals surface area (Å²) in [5, 5.41) is 3.53. The summed E-state index contributed by atoms with van der Waals surface area (Å²) in [6.45, 7) is 10.0. The number of hydrogen-bond donors (Lipinski definition) is 1. The Kier molecular flexibility index (Phi) is 8.62. The Hall–Kier alpha value is -3.34. The van der Waals surface area contributed by atoms with Crippen LogP contribution >= 0.6 is 0 Å². The Bertz CT molecular complexity index is 1010. The van der Waals surface area contributed by atoms with Crippen molar-refractivity contribution in [2.24, 2.45) is 4.99 Å². The molecule has 1 N–H and O–H groups in total. The molecule has 164 valence electrons. The van der Waals surface area contributed by atoms with Crippen LogP contribution in [0.5, 0.6) is 5.75 Å². The molecule has 5 nitrogen and oxygen atoms in total. The first kappa shape index (κ1) is 23.9. The van der Waals surface area contributed by atoms with Gasteiger partial charge in [-0.3, -0.25) is 9.79 Å². The molecule has 0 aliphatic carbocycles. The molecule has 0 radical (unpaired) electrons. The molecule has 0 amide bonds. The second-order valence-corrected chi connectivity index (χ2v) is 7.65. The van der Waals surface area contributed by atoms with Gasteiger partial charge in [-0.25, -0.2) is 0 Å². The number of nitrogens with zero attached hydrogens (tertiary/aromatic N) is 2. The molecule has 0 saturated carbocycles. The Balaban J connectivity index is 2.31. The number of allylic oxidation sites excluding steroid dienone is 2. The summed E-state index contributed by atoms with van der Waals surface area (Å²) in [5.41, 5.74) is 6.77. The summed E-state index contributed by atoms with van der Waals surface area (Å²) >= 11 is 0. The minimum absolute atomic E-state index is 0.140. The summed E-state index contributed by atoms with van der Waals surface area (Å²) in [7, 11) is 3.69. The monoisotopic (exact) mass is 419 g/mol. The average Bonchev–Trinajstić information content (AvgIpc) is 2.75. The van der Waals surface area contributed by atoms with Gasteiger partial charge in [-0.05, 0) is 93.4 Å². The molecule has 0 aromatic heterocycles. The van der Waals surface area contributed by atoms with Crippen LogP contribution in [0.4, 0.5) is 5.69 Å². The minimum Gasteiger partial charge on any atom is -0.496 e. The molecule has 0 aliphatic rings. The number of benzene rings is 2. The summed E-state index contributed by atoms with van der Waals surface area (Å²) in [5.74, 6) is 0.879. The molecule has 0 bridgehead atoms. The van der Waals surface area contributed by atoms with Gasteiger partial charge in [0.15, 0.2) is 0 Å². The quantitative estimate of drug-likeness (QED) is 0.315. The summed E-state index contributed by atoms with van der Waals surface area (Å²) in [4.78, 5) is 17.9. The number of rotatable bonds is 9. The van der Waals surface area contributed by atoms with Gasteiger partial charge in [0, 0.05) is 24.5 Å². The van der Waals surface area contributed by atoms with E-state index in [-0.39, 0.29) is 6.17 Å². The zero-order valence-electron chi connectivity index (χ0n) is 19.6. The number of aldehydes is 1. The van der Waals surface area contributed by atoms with Crippen molar-refractivity contribution in [3.8, 4) is 5.75 Å². The first-order chi connectivity index (χ1) is 14.8. The molecular weight excluding hydrogens is 386 g/mol. The Morgan fingerprint density at radius 3 is 2.45 bits per heavy atom. The van der Waals surface area contributed by atoms with E-state index >= 15 is 0 Å². The number of nitrogens with one attached hydrogen (secondary N) is 1. The van der Waals surface area contributed by atoms with Crippen LogP contribution in [0, 0.1) is 13.8 Å². The van der Waals surface area contributed by atoms with Crippen LogP contribution in [0.15, 0.2) is 59.9 Å². The standard InChI is InChI=1S/C26H33N3O2/c1-8-13-29(6)26(28-24-11-9-23(17-30)18(2)15-24)21(5)27-16-20(4)22-10-12-25(31-7)19(3)14-22/h8-17,26,28H,1-7H3/b13-8-,20-16+,27-21?. The smallest absolute Gasteiger partial charge is 0.150 e. The zero-order valence-corrected chi connectivity index (χ0v) is 19.6. The lowest BCUT2D eigenvalue weighted by molar-refractivity contribution is 0.112. The minimum atomic E-state index is -0.140. The highest BCUT2D eigenvalue weighted by atomic mass is 16.5. The molecule has 0 spiro atoms. The predicted octanol–water partition coefficient (Wildman–Crippen LogP) is 5.85. The van der Waals surface area contributed by atoms with Crippen molar-refractivity contribution in [2.45, 2.75) is 40.8 Å². The van der Waals surface area contributed by atoms with Gasteiger partial charge in [0.25, 0.3) is 0 Å². The lowest BCUT2D eigenvalue weighted by atomic mass is 10.1. The summed E-state index contributed by atoms with van der Waals surface area (Å²) in [6.07, 6.45) is 6.63. The first-order valence-electron chi connectivity index (χ1n) is 10.3. The number of aryl methyl sites for hydroxylation is 2. The van der Waals surface area contributed by atoms with Crippen LogP contribution in [-0.4, -0.2) is 37.2 Å². The third kappa shape index (κ3) is 6.32. The number of anilines is 1. The normalized spacial score (nSPS) is 13.3. The fourth-order valence-electron chi connectivity index (χ4n) is 3.35. The summed E-state index contributed by atoms with van der Waals surface area (Å²) < 4.78 is 5.35. The Labute approximate surface area is 186 Å². The van der Waals surface area contributed by atoms with Gasteiger partial charge in [0.05, 0.1) is 12.8 Å². The van der Waals surface area contributed by atoms with Gasteiger partial charge in [0.2, 0.25) is 0 Å². The molecule has 0 saturated heterocycles. The largest absolute Gasteiger partial charge is 0.496 e. The highest BCUT2D eigenvalue weighted by Crippen LogP contribution is 2.23. The maximum absolute atomic E-state index is 11.1. The van der Waals surface area contributed by atoms with Crippen molar-refractivity contribution in [3.63, 3.8) is 0 Å². The first-order valence-corrected chi connectivity index (χ1v) is 10.3. The maximum atomic E-state index is 11.1. The average molecular weight is 420 g/mol. The molecule has 5 heteroatoms. The molecule has 1 unspecified atom stereocenters. The number of aliphatic imine (C=N–C) groups is 1. The van der Waals surface area contributed by atoms with E-state index in [4.69, 9.17) is 9.73 Å². The van der Waals surface area contributed by atoms with E-state index < -0.39 is 0 Å². The van der Waals surface area contributed by atoms with Crippen LogP contribution in [0.1, 0.15) is 47.8 Å². The molecule has 2 aromatic carbocycles. The van der Waals surface area contributed by atoms with Crippen molar-refractivity contribution >= 4 is 23.3 Å². The van der Waals surface area contributed by atoms with Gasteiger partial charge < -0.3 is 15.0 Å². The SMILES string of the molecule is C/C=C\N(C)C(Nc1ccc(C=O)c(C)c1)C(C)=N/C=C(\C)c1ccc(OC)c(C)c1. The number of carbonyl (C=O) groups is 1. The lowest BCUT2D eigenvalue weighted by Crippen LogP contribution is -2.40. The van der Waals surface area contributed by atoms with Crippen molar-refractivity contribution in [2.75, 3.05) is 19.5 Å². The Morgan fingerprint density at radius 2 is 1.87 bits per heavy atom. The third-order valence-electron chi connectivity index (χ3n) is 5.20. The maximum Gasteiger partial charge on any atom is 0.150 e. The molecule has 0 aliphatic heterocycles. The third-order valence-corrected chi connectivity index (χ3v) is 5.20. The van der Waals surface area contributed by atoms with Crippen LogP contribution in [0.3, 0.4) is 0 Å². The molecule has 0 heterocycles. The van der Waals surface area contributed by atoms with E-state index in [1.165, 1.54) is 0 Å². The van der Waals surface area contributed by atoms with E-state index in [0.29, 0.717) is 5.56 Å².